The monoisotopic (exact) mass is 268 g/mol. The van der Waals surface area contributed by atoms with Crippen LogP contribution in [0.25, 0.3) is 0 Å². The lowest BCUT2D eigenvalue weighted by Gasteiger charge is -2.25. The number of hydrogen-bond donors (Lipinski definition) is 1. The molecule has 0 saturated heterocycles. The fourth-order valence-corrected chi connectivity index (χ4v) is 2.64. The summed E-state index contributed by atoms with van der Waals surface area (Å²) in [5.41, 5.74) is 2.29. The van der Waals surface area contributed by atoms with Gasteiger partial charge in [-0.05, 0) is 11.6 Å². The van der Waals surface area contributed by atoms with E-state index in [0.29, 0.717) is 5.56 Å². The smallest absolute Gasteiger partial charge is 0.273 e. The molecular weight excluding hydrogens is 256 g/mol. The molecular formula is C15H12N2O3. The zero-order valence-electron chi connectivity index (χ0n) is 10.6. The van der Waals surface area contributed by atoms with Gasteiger partial charge >= 0.3 is 0 Å². The molecule has 1 aliphatic rings. The number of amides is 1. The third-order valence-electron chi connectivity index (χ3n) is 3.51. The van der Waals surface area contributed by atoms with Crippen molar-refractivity contribution in [3.8, 4) is 0 Å². The number of benzene rings is 2. The van der Waals surface area contributed by atoms with Crippen molar-refractivity contribution in [3.63, 3.8) is 0 Å². The van der Waals surface area contributed by atoms with Gasteiger partial charge in [0, 0.05) is 29.7 Å². The van der Waals surface area contributed by atoms with Gasteiger partial charge in [0.1, 0.15) is 0 Å². The number of hydrogen-bond acceptors (Lipinski definition) is 3. The van der Waals surface area contributed by atoms with Crippen LogP contribution in [0.15, 0.2) is 48.5 Å². The zero-order valence-corrected chi connectivity index (χ0v) is 10.6. The van der Waals surface area contributed by atoms with Crippen LogP contribution in [0.2, 0.25) is 0 Å². The van der Waals surface area contributed by atoms with Gasteiger partial charge < -0.3 is 5.32 Å². The van der Waals surface area contributed by atoms with Gasteiger partial charge in [0.2, 0.25) is 5.91 Å². The summed E-state index contributed by atoms with van der Waals surface area (Å²) in [6.45, 7) is 0. The van der Waals surface area contributed by atoms with Crippen molar-refractivity contribution in [2.24, 2.45) is 0 Å². The average Bonchev–Trinajstić information content (AvgIpc) is 2.46. The van der Waals surface area contributed by atoms with E-state index in [-0.39, 0.29) is 23.9 Å². The Morgan fingerprint density at radius 3 is 2.45 bits per heavy atom. The lowest BCUT2D eigenvalue weighted by molar-refractivity contribution is -0.385. The Kier molecular flexibility index (Phi) is 2.95. The maximum atomic E-state index is 11.8. The Morgan fingerprint density at radius 1 is 1.05 bits per heavy atom. The second-order valence-corrected chi connectivity index (χ2v) is 4.71. The summed E-state index contributed by atoms with van der Waals surface area (Å²) in [6, 6.07) is 14.0. The highest BCUT2D eigenvalue weighted by Crippen LogP contribution is 2.40. The summed E-state index contributed by atoms with van der Waals surface area (Å²) < 4.78 is 0. The second kappa shape index (κ2) is 4.77. The van der Waals surface area contributed by atoms with Gasteiger partial charge in [-0.15, -0.1) is 0 Å². The van der Waals surface area contributed by atoms with Crippen molar-refractivity contribution in [1.29, 1.82) is 0 Å². The van der Waals surface area contributed by atoms with Gasteiger partial charge in [0.15, 0.2) is 0 Å². The van der Waals surface area contributed by atoms with E-state index in [0.717, 1.165) is 11.3 Å². The van der Waals surface area contributed by atoms with Crippen molar-refractivity contribution >= 4 is 17.3 Å². The third-order valence-corrected chi connectivity index (χ3v) is 3.51. The summed E-state index contributed by atoms with van der Waals surface area (Å²) in [5, 5.41) is 14.0. The SMILES string of the molecule is O=C1CC(c2ccccc2[N+](=O)[O-])c2ccccc2N1. The molecule has 1 heterocycles. The molecule has 0 saturated carbocycles. The van der Waals surface area contributed by atoms with E-state index in [4.69, 9.17) is 0 Å². The minimum absolute atomic E-state index is 0.0574. The Balaban J connectivity index is 2.16. The Bertz CT molecular complexity index is 697. The number of carbonyl (C=O) groups is 1. The van der Waals surface area contributed by atoms with Gasteiger partial charge in [-0.2, -0.15) is 0 Å². The first-order chi connectivity index (χ1) is 9.66. The molecule has 1 N–H and O–H groups in total. The molecule has 1 atom stereocenters. The Labute approximate surface area is 115 Å². The highest BCUT2D eigenvalue weighted by molar-refractivity contribution is 5.95. The Morgan fingerprint density at radius 2 is 1.70 bits per heavy atom. The number of fused-ring (bicyclic) bond motifs is 1. The molecule has 0 spiro atoms. The van der Waals surface area contributed by atoms with Crippen molar-refractivity contribution in [3.05, 3.63) is 69.8 Å². The van der Waals surface area contributed by atoms with Crippen LogP contribution in [0, 0.1) is 10.1 Å². The van der Waals surface area contributed by atoms with Crippen LogP contribution in [0.5, 0.6) is 0 Å². The van der Waals surface area contributed by atoms with Crippen LogP contribution < -0.4 is 5.32 Å². The predicted octanol–water partition coefficient (Wildman–Crippen LogP) is 3.07. The zero-order chi connectivity index (χ0) is 14.1. The number of para-hydroxylation sites is 2. The summed E-state index contributed by atoms with van der Waals surface area (Å²) in [7, 11) is 0. The molecule has 0 aliphatic carbocycles. The van der Waals surface area contributed by atoms with E-state index in [9.17, 15) is 14.9 Å². The van der Waals surface area contributed by atoms with Crippen molar-refractivity contribution in [2.75, 3.05) is 5.32 Å². The van der Waals surface area contributed by atoms with Crippen LogP contribution in [0.3, 0.4) is 0 Å². The predicted molar refractivity (Wildman–Crippen MR) is 74.6 cm³/mol. The van der Waals surface area contributed by atoms with Gasteiger partial charge in [-0.25, -0.2) is 0 Å². The first-order valence-corrected chi connectivity index (χ1v) is 6.29. The fourth-order valence-electron chi connectivity index (χ4n) is 2.64. The summed E-state index contributed by atoms with van der Waals surface area (Å²) >= 11 is 0. The number of nitrogens with zero attached hydrogens (tertiary/aromatic N) is 1. The standard InChI is InChI=1S/C15H12N2O3/c18-15-9-12(10-5-1-3-7-13(10)16-15)11-6-2-4-8-14(11)17(19)20/h1-8,12H,9H2,(H,16,18). The molecule has 5 nitrogen and oxygen atoms in total. The first kappa shape index (κ1) is 12.3. The molecule has 1 aliphatic heterocycles. The van der Waals surface area contributed by atoms with Crippen LogP contribution in [-0.2, 0) is 4.79 Å². The number of rotatable bonds is 2. The van der Waals surface area contributed by atoms with E-state index >= 15 is 0 Å². The molecule has 20 heavy (non-hydrogen) atoms. The third kappa shape index (κ3) is 2.03. The first-order valence-electron chi connectivity index (χ1n) is 6.29. The van der Waals surface area contributed by atoms with E-state index < -0.39 is 4.92 Å². The molecule has 5 heteroatoms. The second-order valence-electron chi connectivity index (χ2n) is 4.71. The molecule has 1 amide bonds. The lowest BCUT2D eigenvalue weighted by atomic mass is 9.84. The van der Waals surface area contributed by atoms with Gasteiger partial charge in [0.05, 0.1) is 4.92 Å². The summed E-state index contributed by atoms with van der Waals surface area (Å²) in [6.07, 6.45) is 0.224. The quantitative estimate of drug-likeness (QED) is 0.672. The lowest BCUT2D eigenvalue weighted by Crippen LogP contribution is -2.23. The molecule has 100 valence electrons. The molecule has 0 bridgehead atoms. The van der Waals surface area contributed by atoms with Gasteiger partial charge in [-0.3, -0.25) is 14.9 Å². The maximum absolute atomic E-state index is 11.8. The fraction of sp³-hybridized carbons (Fsp3) is 0.133. The van der Waals surface area contributed by atoms with Crippen molar-refractivity contribution in [1.82, 2.24) is 0 Å². The molecule has 1 unspecified atom stereocenters. The molecule has 0 fully saturated rings. The number of anilines is 1. The number of nitro benzene ring substituents is 1. The largest absolute Gasteiger partial charge is 0.326 e. The highest BCUT2D eigenvalue weighted by atomic mass is 16.6. The average molecular weight is 268 g/mol. The summed E-state index contributed by atoms with van der Waals surface area (Å²) in [5.74, 6) is -0.395. The van der Waals surface area contributed by atoms with Crippen LogP contribution in [-0.4, -0.2) is 10.8 Å². The molecule has 2 aromatic carbocycles. The van der Waals surface area contributed by atoms with E-state index in [2.05, 4.69) is 5.32 Å². The van der Waals surface area contributed by atoms with E-state index in [1.165, 1.54) is 6.07 Å². The normalized spacial score (nSPS) is 17.2. The maximum Gasteiger partial charge on any atom is 0.273 e. The number of carbonyl (C=O) groups excluding carboxylic acids is 1. The minimum atomic E-state index is -0.398. The Hall–Kier alpha value is -2.69. The van der Waals surface area contributed by atoms with Crippen LogP contribution in [0.1, 0.15) is 23.5 Å². The number of nitro groups is 1. The highest BCUT2D eigenvalue weighted by Gasteiger charge is 2.30. The summed E-state index contributed by atoms with van der Waals surface area (Å²) in [4.78, 5) is 22.6. The molecule has 2 aromatic rings. The topological polar surface area (TPSA) is 72.2 Å². The van der Waals surface area contributed by atoms with E-state index in [1.54, 1.807) is 18.2 Å². The molecule has 0 aromatic heterocycles. The minimum Gasteiger partial charge on any atom is -0.326 e. The molecule has 3 rings (SSSR count). The van der Waals surface area contributed by atoms with E-state index in [1.807, 2.05) is 24.3 Å². The van der Waals surface area contributed by atoms with Gasteiger partial charge in [0.25, 0.3) is 5.69 Å². The molecule has 0 radical (unpaired) electrons. The number of nitrogens with one attached hydrogen (secondary N) is 1. The van der Waals surface area contributed by atoms with Crippen molar-refractivity contribution in [2.45, 2.75) is 12.3 Å². The van der Waals surface area contributed by atoms with Gasteiger partial charge in [-0.1, -0.05) is 36.4 Å². The van der Waals surface area contributed by atoms with Crippen LogP contribution >= 0.6 is 0 Å². The van der Waals surface area contributed by atoms with Crippen molar-refractivity contribution < 1.29 is 9.72 Å². The van der Waals surface area contributed by atoms with Crippen LogP contribution in [0.4, 0.5) is 11.4 Å².